The van der Waals surface area contributed by atoms with Crippen LogP contribution in [0.2, 0.25) is 5.15 Å². The quantitative estimate of drug-likeness (QED) is 0.241. The van der Waals surface area contributed by atoms with Gasteiger partial charge in [0, 0.05) is 56.1 Å². The maximum Gasteiger partial charge on any atom is 0.251 e. The minimum atomic E-state index is -0.0427. The number of carbonyl (C=O) groups is 1. The normalized spacial score (nSPS) is 15.1. The molecular weight excluding hydrogens is 478 g/mol. The van der Waals surface area contributed by atoms with Crippen LogP contribution in [-0.4, -0.2) is 53.0 Å². The first-order valence-electron chi connectivity index (χ1n) is 12.1. The van der Waals surface area contributed by atoms with Gasteiger partial charge in [-0.05, 0) is 36.6 Å². The summed E-state index contributed by atoms with van der Waals surface area (Å²) in [6.45, 7) is 8.79. The van der Waals surface area contributed by atoms with Crippen molar-refractivity contribution in [1.29, 1.82) is 0 Å². The highest BCUT2D eigenvalue weighted by atomic mass is 35.5. The molecule has 1 aromatic heterocycles. The molecule has 8 heteroatoms. The van der Waals surface area contributed by atoms with Gasteiger partial charge in [0.1, 0.15) is 11.0 Å². The molecule has 184 valence electrons. The van der Waals surface area contributed by atoms with E-state index in [2.05, 4.69) is 57.4 Å². The molecule has 1 atom stereocenters. The van der Waals surface area contributed by atoms with E-state index < -0.39 is 0 Å². The Bertz CT molecular complexity index is 1120. The van der Waals surface area contributed by atoms with Gasteiger partial charge in [-0.15, -0.1) is 0 Å². The molecule has 35 heavy (non-hydrogen) atoms. The number of aromatic nitrogens is 2. The highest BCUT2D eigenvalue weighted by molar-refractivity contribution is 7.98. The molecular formula is C27H32ClN5OS. The van der Waals surface area contributed by atoms with Crippen molar-refractivity contribution in [3.63, 3.8) is 0 Å². The summed E-state index contributed by atoms with van der Waals surface area (Å²) in [6.07, 6.45) is 0.901. The number of hydrogen-bond acceptors (Lipinski definition) is 6. The number of piperazine rings is 1. The largest absolute Gasteiger partial charge is 0.354 e. The number of hydrogen-bond donors (Lipinski definition) is 1. The fourth-order valence-corrected chi connectivity index (χ4v) is 4.97. The molecule has 0 bridgehead atoms. The Morgan fingerprint density at radius 3 is 2.51 bits per heavy atom. The molecule has 1 amide bonds. The Morgan fingerprint density at radius 1 is 1.03 bits per heavy atom. The van der Waals surface area contributed by atoms with Crippen LogP contribution in [-0.2, 0) is 12.3 Å². The topological polar surface area (TPSA) is 61.4 Å². The van der Waals surface area contributed by atoms with Crippen LogP contribution in [0.5, 0.6) is 0 Å². The third kappa shape index (κ3) is 7.43. The zero-order chi connectivity index (χ0) is 24.6. The molecule has 1 N–H and O–H groups in total. The lowest BCUT2D eigenvalue weighted by molar-refractivity contribution is 0.0939. The molecule has 0 saturated carbocycles. The Kier molecular flexibility index (Phi) is 9.01. The Balaban J connectivity index is 1.34. The van der Waals surface area contributed by atoms with E-state index in [1.54, 1.807) is 0 Å². The summed E-state index contributed by atoms with van der Waals surface area (Å²) in [7, 11) is 0. The van der Waals surface area contributed by atoms with Crippen molar-refractivity contribution in [1.82, 2.24) is 20.2 Å². The lowest BCUT2D eigenvalue weighted by Gasteiger charge is -2.35. The standard InChI is InChI=1S/C27H32ClN5OS/c1-3-20(2)29-26(34)23-11-7-10-22(16-23)19-35-27-30-24(28)17-25(31-27)33-14-12-32(13-15-33)18-21-8-5-4-6-9-21/h4-11,16-17,20H,3,12-15,18-19H2,1-2H3,(H,29,34). The van der Waals surface area contributed by atoms with E-state index in [-0.39, 0.29) is 11.9 Å². The summed E-state index contributed by atoms with van der Waals surface area (Å²) in [4.78, 5) is 26.4. The maximum atomic E-state index is 12.5. The van der Waals surface area contributed by atoms with Crippen LogP contribution in [0.15, 0.2) is 65.8 Å². The molecule has 6 nitrogen and oxygen atoms in total. The average molecular weight is 510 g/mol. The third-order valence-corrected chi connectivity index (χ3v) is 7.27. The number of halogens is 1. The molecule has 1 fully saturated rings. The Hall–Kier alpha value is -2.61. The number of anilines is 1. The smallest absolute Gasteiger partial charge is 0.251 e. The minimum Gasteiger partial charge on any atom is -0.354 e. The first kappa shape index (κ1) is 25.5. The van der Waals surface area contributed by atoms with Gasteiger partial charge in [-0.25, -0.2) is 9.97 Å². The molecule has 0 radical (unpaired) electrons. The zero-order valence-corrected chi connectivity index (χ0v) is 21.9. The highest BCUT2D eigenvalue weighted by Gasteiger charge is 2.19. The summed E-state index contributed by atoms with van der Waals surface area (Å²) in [5.74, 6) is 1.49. The third-order valence-electron chi connectivity index (χ3n) is 6.15. The molecule has 2 heterocycles. The molecule has 3 aromatic rings. The SMILES string of the molecule is CCC(C)NC(=O)c1cccc(CSc2nc(Cl)cc(N3CCN(Cc4ccccc4)CC3)n2)c1. The fourth-order valence-electron chi connectivity index (χ4n) is 3.95. The summed E-state index contributed by atoms with van der Waals surface area (Å²) >= 11 is 7.89. The molecule has 4 rings (SSSR count). The summed E-state index contributed by atoms with van der Waals surface area (Å²) in [5.41, 5.74) is 3.06. The monoisotopic (exact) mass is 509 g/mol. The van der Waals surface area contributed by atoms with Crippen LogP contribution in [0.1, 0.15) is 41.8 Å². The predicted octanol–water partition coefficient (Wildman–Crippen LogP) is 5.27. The first-order chi connectivity index (χ1) is 17.0. The van der Waals surface area contributed by atoms with E-state index in [0.29, 0.717) is 21.6 Å². The summed E-state index contributed by atoms with van der Waals surface area (Å²) < 4.78 is 0. The molecule has 2 aromatic carbocycles. The highest BCUT2D eigenvalue weighted by Crippen LogP contribution is 2.26. The number of amides is 1. The van der Waals surface area contributed by atoms with E-state index in [0.717, 1.165) is 50.5 Å². The van der Waals surface area contributed by atoms with Crippen LogP contribution < -0.4 is 10.2 Å². The molecule has 0 spiro atoms. The van der Waals surface area contributed by atoms with Gasteiger partial charge in [0.25, 0.3) is 5.91 Å². The van der Waals surface area contributed by atoms with E-state index >= 15 is 0 Å². The Labute approximate surface area is 217 Å². The van der Waals surface area contributed by atoms with Gasteiger partial charge in [-0.3, -0.25) is 9.69 Å². The van der Waals surface area contributed by atoms with Gasteiger partial charge in [-0.2, -0.15) is 0 Å². The number of nitrogens with zero attached hydrogens (tertiary/aromatic N) is 4. The van der Waals surface area contributed by atoms with Gasteiger partial charge < -0.3 is 10.2 Å². The zero-order valence-electron chi connectivity index (χ0n) is 20.3. The van der Waals surface area contributed by atoms with Gasteiger partial charge >= 0.3 is 0 Å². The number of benzene rings is 2. The van der Waals surface area contributed by atoms with E-state index in [4.69, 9.17) is 16.6 Å². The number of rotatable bonds is 9. The van der Waals surface area contributed by atoms with Crippen LogP contribution in [0, 0.1) is 0 Å². The molecule has 0 aliphatic carbocycles. The van der Waals surface area contributed by atoms with Gasteiger partial charge in [-0.1, -0.05) is 72.8 Å². The number of carbonyl (C=O) groups excluding carboxylic acids is 1. The second-order valence-electron chi connectivity index (χ2n) is 8.85. The molecule has 1 saturated heterocycles. The molecule has 1 unspecified atom stereocenters. The van der Waals surface area contributed by atoms with Gasteiger partial charge in [0.15, 0.2) is 5.16 Å². The van der Waals surface area contributed by atoms with Crippen molar-refractivity contribution in [2.45, 2.75) is 43.8 Å². The lowest BCUT2D eigenvalue weighted by Crippen LogP contribution is -2.46. The molecule has 1 aliphatic heterocycles. The summed E-state index contributed by atoms with van der Waals surface area (Å²) in [5, 5.41) is 4.11. The van der Waals surface area contributed by atoms with E-state index in [9.17, 15) is 4.79 Å². The Morgan fingerprint density at radius 2 is 1.77 bits per heavy atom. The van der Waals surface area contributed by atoms with E-state index in [1.165, 1.54) is 17.3 Å². The van der Waals surface area contributed by atoms with Crippen molar-refractivity contribution >= 4 is 35.1 Å². The van der Waals surface area contributed by atoms with Crippen molar-refractivity contribution in [2.75, 3.05) is 31.1 Å². The fraction of sp³-hybridized carbons (Fsp3) is 0.370. The molecule has 1 aliphatic rings. The van der Waals surface area contributed by atoms with Gasteiger partial charge in [0.05, 0.1) is 0 Å². The van der Waals surface area contributed by atoms with Crippen molar-refractivity contribution in [3.8, 4) is 0 Å². The van der Waals surface area contributed by atoms with Crippen LogP contribution >= 0.6 is 23.4 Å². The van der Waals surface area contributed by atoms with Crippen LogP contribution in [0.3, 0.4) is 0 Å². The first-order valence-corrected chi connectivity index (χ1v) is 13.4. The number of nitrogens with one attached hydrogen (secondary N) is 1. The maximum absolute atomic E-state index is 12.5. The van der Waals surface area contributed by atoms with Gasteiger partial charge in [0.2, 0.25) is 0 Å². The second kappa shape index (κ2) is 12.4. The summed E-state index contributed by atoms with van der Waals surface area (Å²) in [6, 6.07) is 20.3. The number of thioether (sulfide) groups is 1. The van der Waals surface area contributed by atoms with Crippen molar-refractivity contribution < 1.29 is 4.79 Å². The lowest BCUT2D eigenvalue weighted by atomic mass is 10.1. The van der Waals surface area contributed by atoms with E-state index in [1.807, 2.05) is 37.3 Å². The average Bonchev–Trinajstić information content (AvgIpc) is 2.88. The minimum absolute atomic E-state index is 0.0427. The van der Waals surface area contributed by atoms with Crippen molar-refractivity contribution in [3.05, 3.63) is 82.5 Å². The van der Waals surface area contributed by atoms with Crippen LogP contribution in [0.4, 0.5) is 5.82 Å². The second-order valence-corrected chi connectivity index (χ2v) is 10.2. The van der Waals surface area contributed by atoms with Crippen LogP contribution in [0.25, 0.3) is 0 Å². The van der Waals surface area contributed by atoms with Crippen molar-refractivity contribution in [2.24, 2.45) is 0 Å². The predicted molar refractivity (Wildman–Crippen MR) is 144 cm³/mol.